The zero-order valence-electron chi connectivity index (χ0n) is 13.3. The van der Waals surface area contributed by atoms with Gasteiger partial charge in [-0.1, -0.05) is 19.1 Å². The Bertz CT molecular complexity index is 404. The van der Waals surface area contributed by atoms with Crippen LogP contribution in [0.2, 0.25) is 0 Å². The maximum Gasteiger partial charge on any atom is 0.124 e. The van der Waals surface area contributed by atoms with E-state index >= 15 is 0 Å². The lowest BCUT2D eigenvalue weighted by Gasteiger charge is -2.17. The summed E-state index contributed by atoms with van der Waals surface area (Å²) in [5.74, 6) is 0.877. The molecule has 1 saturated carbocycles. The predicted octanol–water partition coefficient (Wildman–Crippen LogP) is 3.30. The summed E-state index contributed by atoms with van der Waals surface area (Å²) in [5, 5.41) is 13.3. The van der Waals surface area contributed by atoms with E-state index in [2.05, 4.69) is 31.3 Å². The molecule has 0 aromatic heterocycles. The molecule has 0 amide bonds. The molecule has 21 heavy (non-hydrogen) atoms. The van der Waals surface area contributed by atoms with Crippen molar-refractivity contribution in [1.29, 1.82) is 0 Å². The van der Waals surface area contributed by atoms with Gasteiger partial charge in [0.05, 0.1) is 6.10 Å². The Morgan fingerprint density at radius 3 is 2.67 bits per heavy atom. The van der Waals surface area contributed by atoms with Crippen LogP contribution in [0.3, 0.4) is 0 Å². The summed E-state index contributed by atoms with van der Waals surface area (Å²) in [6, 6.07) is 8.91. The van der Waals surface area contributed by atoms with Crippen LogP contribution < -0.4 is 10.1 Å². The van der Waals surface area contributed by atoms with Crippen molar-refractivity contribution in [2.45, 2.75) is 70.6 Å². The molecule has 3 heteroatoms. The highest BCUT2D eigenvalue weighted by Crippen LogP contribution is 2.25. The standard InChI is InChI=1S/C18H29NO2/c1-3-13-19-14(2)7-8-15-9-11-16(12-10-15)21-18-6-4-5-17(18)20/h9-12,14,17-20H,3-8,13H2,1-2H3. The summed E-state index contributed by atoms with van der Waals surface area (Å²) < 4.78 is 5.86. The predicted molar refractivity (Wildman–Crippen MR) is 86.8 cm³/mol. The first-order valence-corrected chi connectivity index (χ1v) is 8.36. The number of hydrogen-bond acceptors (Lipinski definition) is 3. The number of ether oxygens (including phenoxy) is 1. The third kappa shape index (κ3) is 5.33. The highest BCUT2D eigenvalue weighted by Gasteiger charge is 2.26. The largest absolute Gasteiger partial charge is 0.488 e. The molecule has 0 bridgehead atoms. The second-order valence-electron chi connectivity index (χ2n) is 6.19. The van der Waals surface area contributed by atoms with Crippen molar-refractivity contribution in [2.24, 2.45) is 0 Å². The lowest BCUT2D eigenvalue weighted by atomic mass is 10.1. The third-order valence-corrected chi connectivity index (χ3v) is 4.24. The lowest BCUT2D eigenvalue weighted by molar-refractivity contribution is 0.0604. The summed E-state index contributed by atoms with van der Waals surface area (Å²) in [6.45, 7) is 5.53. The average Bonchev–Trinajstić information content (AvgIpc) is 2.89. The van der Waals surface area contributed by atoms with Gasteiger partial charge in [0.2, 0.25) is 0 Å². The van der Waals surface area contributed by atoms with Gasteiger partial charge < -0.3 is 15.2 Å². The van der Waals surface area contributed by atoms with E-state index in [4.69, 9.17) is 4.74 Å². The second-order valence-corrected chi connectivity index (χ2v) is 6.19. The maximum absolute atomic E-state index is 9.79. The van der Waals surface area contributed by atoms with Gasteiger partial charge in [-0.05, 0) is 69.7 Å². The monoisotopic (exact) mass is 291 g/mol. The summed E-state index contributed by atoms with van der Waals surface area (Å²) in [4.78, 5) is 0. The molecular formula is C18H29NO2. The number of aryl methyl sites for hydroxylation is 1. The smallest absolute Gasteiger partial charge is 0.124 e. The van der Waals surface area contributed by atoms with E-state index in [0.29, 0.717) is 6.04 Å². The molecule has 1 aromatic carbocycles. The summed E-state index contributed by atoms with van der Waals surface area (Å²) >= 11 is 0. The Morgan fingerprint density at radius 2 is 2.05 bits per heavy atom. The van der Waals surface area contributed by atoms with Crippen LogP contribution in [0.25, 0.3) is 0 Å². The maximum atomic E-state index is 9.79. The highest BCUT2D eigenvalue weighted by molar-refractivity contribution is 5.27. The van der Waals surface area contributed by atoms with Gasteiger partial charge in [-0.3, -0.25) is 0 Å². The van der Waals surface area contributed by atoms with Gasteiger partial charge >= 0.3 is 0 Å². The normalized spacial score (nSPS) is 23.2. The quantitative estimate of drug-likeness (QED) is 0.772. The molecule has 2 rings (SSSR count). The number of benzene rings is 1. The van der Waals surface area contributed by atoms with Crippen molar-refractivity contribution >= 4 is 0 Å². The van der Waals surface area contributed by atoms with Crippen LogP contribution in [-0.4, -0.2) is 29.9 Å². The Kier molecular flexibility index (Phi) is 6.52. The van der Waals surface area contributed by atoms with Crippen molar-refractivity contribution in [1.82, 2.24) is 5.32 Å². The Balaban J connectivity index is 1.76. The minimum absolute atomic E-state index is 0.0193. The van der Waals surface area contributed by atoms with Crippen LogP contribution in [0, 0.1) is 0 Å². The fourth-order valence-electron chi connectivity index (χ4n) is 2.83. The molecule has 1 fully saturated rings. The van der Waals surface area contributed by atoms with Crippen LogP contribution in [0.1, 0.15) is 51.5 Å². The van der Waals surface area contributed by atoms with Crippen molar-refractivity contribution in [3.63, 3.8) is 0 Å². The molecule has 0 heterocycles. The first kappa shape index (κ1) is 16.3. The van der Waals surface area contributed by atoms with E-state index in [1.54, 1.807) is 0 Å². The lowest BCUT2D eigenvalue weighted by Crippen LogP contribution is -2.27. The minimum atomic E-state index is -0.296. The Labute approximate surface area is 128 Å². The van der Waals surface area contributed by atoms with Gasteiger partial charge in [0.1, 0.15) is 11.9 Å². The fourth-order valence-corrected chi connectivity index (χ4v) is 2.83. The molecule has 0 aliphatic heterocycles. The minimum Gasteiger partial charge on any atom is -0.488 e. The summed E-state index contributed by atoms with van der Waals surface area (Å²) in [5.41, 5.74) is 1.35. The number of aliphatic hydroxyl groups excluding tert-OH is 1. The zero-order chi connectivity index (χ0) is 15.1. The van der Waals surface area contributed by atoms with Gasteiger partial charge in [-0.2, -0.15) is 0 Å². The van der Waals surface area contributed by atoms with Crippen molar-refractivity contribution in [2.75, 3.05) is 6.54 Å². The Hall–Kier alpha value is -1.06. The molecule has 3 unspecified atom stereocenters. The van der Waals surface area contributed by atoms with Gasteiger partial charge in [0, 0.05) is 6.04 Å². The van der Waals surface area contributed by atoms with Crippen molar-refractivity contribution in [3.05, 3.63) is 29.8 Å². The van der Waals surface area contributed by atoms with Crippen LogP contribution >= 0.6 is 0 Å². The number of nitrogens with one attached hydrogen (secondary N) is 1. The molecule has 1 aromatic rings. The molecular weight excluding hydrogens is 262 g/mol. The molecule has 3 nitrogen and oxygen atoms in total. The van der Waals surface area contributed by atoms with E-state index in [0.717, 1.165) is 44.4 Å². The van der Waals surface area contributed by atoms with Crippen molar-refractivity contribution < 1.29 is 9.84 Å². The van der Waals surface area contributed by atoms with E-state index in [1.165, 1.54) is 12.0 Å². The van der Waals surface area contributed by atoms with Crippen LogP contribution in [0.5, 0.6) is 5.75 Å². The zero-order valence-corrected chi connectivity index (χ0v) is 13.3. The van der Waals surface area contributed by atoms with E-state index < -0.39 is 0 Å². The molecule has 0 saturated heterocycles. The molecule has 1 aliphatic carbocycles. The fraction of sp³-hybridized carbons (Fsp3) is 0.667. The molecule has 3 atom stereocenters. The van der Waals surface area contributed by atoms with Gasteiger partial charge in [-0.25, -0.2) is 0 Å². The second kappa shape index (κ2) is 8.40. The first-order chi connectivity index (χ1) is 10.2. The summed E-state index contributed by atoms with van der Waals surface area (Å²) in [7, 11) is 0. The SMILES string of the molecule is CCCNC(C)CCc1ccc(OC2CCCC2O)cc1. The molecule has 0 spiro atoms. The first-order valence-electron chi connectivity index (χ1n) is 8.36. The topological polar surface area (TPSA) is 41.5 Å². The highest BCUT2D eigenvalue weighted by atomic mass is 16.5. The Morgan fingerprint density at radius 1 is 1.29 bits per heavy atom. The summed E-state index contributed by atoms with van der Waals surface area (Å²) in [6.07, 6.45) is 6.00. The van der Waals surface area contributed by atoms with Gasteiger partial charge in [0.15, 0.2) is 0 Å². The molecule has 118 valence electrons. The van der Waals surface area contributed by atoms with Crippen molar-refractivity contribution in [3.8, 4) is 5.75 Å². The van der Waals surface area contributed by atoms with Gasteiger partial charge in [0.25, 0.3) is 0 Å². The molecule has 0 radical (unpaired) electrons. The number of aliphatic hydroxyl groups is 1. The van der Waals surface area contributed by atoms with E-state index in [-0.39, 0.29) is 12.2 Å². The van der Waals surface area contributed by atoms with E-state index in [9.17, 15) is 5.11 Å². The number of hydrogen-bond donors (Lipinski definition) is 2. The molecule has 1 aliphatic rings. The van der Waals surface area contributed by atoms with Crippen LogP contribution in [0.15, 0.2) is 24.3 Å². The average molecular weight is 291 g/mol. The number of rotatable bonds is 8. The van der Waals surface area contributed by atoms with Crippen LogP contribution in [0.4, 0.5) is 0 Å². The van der Waals surface area contributed by atoms with Crippen LogP contribution in [-0.2, 0) is 6.42 Å². The third-order valence-electron chi connectivity index (χ3n) is 4.24. The van der Waals surface area contributed by atoms with E-state index in [1.807, 2.05) is 12.1 Å². The molecule has 2 N–H and O–H groups in total. The van der Waals surface area contributed by atoms with Gasteiger partial charge in [-0.15, -0.1) is 0 Å².